The summed E-state index contributed by atoms with van der Waals surface area (Å²) in [5, 5.41) is 3.08. The molecule has 1 aliphatic heterocycles. The lowest BCUT2D eigenvalue weighted by Gasteiger charge is -2.32. The van der Waals surface area contributed by atoms with Gasteiger partial charge in [-0.05, 0) is 56.4 Å². The number of benzene rings is 1. The van der Waals surface area contributed by atoms with Gasteiger partial charge in [-0.3, -0.25) is 19.5 Å². The first-order chi connectivity index (χ1) is 18.8. The highest BCUT2D eigenvalue weighted by molar-refractivity contribution is 6.09. The molecule has 1 fully saturated rings. The first-order valence-corrected chi connectivity index (χ1v) is 13.4. The number of ether oxygens (including phenoxy) is 1. The number of H-pyrrole nitrogens is 1. The number of hydrogen-bond donors (Lipinski definition) is 2. The number of rotatable bonds is 6. The van der Waals surface area contributed by atoms with E-state index in [1.54, 1.807) is 29.4 Å². The molecule has 10 heteroatoms. The Morgan fingerprint density at radius 1 is 1.05 bits per heavy atom. The van der Waals surface area contributed by atoms with Gasteiger partial charge in [0, 0.05) is 42.8 Å². The SMILES string of the molecule is CC(C)(C)OC(=O)N1CC[C@@H](NC(=O)C(c2cccnc2)N(C(=O)c2cnc[nH]2)c2ccc(C(C)(C)C)cc2)C1. The molecule has 2 aromatic heterocycles. The summed E-state index contributed by atoms with van der Waals surface area (Å²) in [4.78, 5) is 54.7. The number of nitrogens with one attached hydrogen (secondary N) is 2. The minimum atomic E-state index is -1.03. The third kappa shape index (κ3) is 6.86. The fraction of sp³-hybridized carbons (Fsp3) is 0.433. The highest BCUT2D eigenvalue weighted by Crippen LogP contribution is 2.32. The smallest absolute Gasteiger partial charge is 0.410 e. The number of anilines is 1. The zero-order chi connectivity index (χ0) is 29.1. The van der Waals surface area contributed by atoms with Gasteiger partial charge in [0.15, 0.2) is 0 Å². The van der Waals surface area contributed by atoms with Gasteiger partial charge in [0.2, 0.25) is 5.91 Å². The Bertz CT molecular complexity index is 1310. The monoisotopic (exact) mass is 546 g/mol. The number of carbonyl (C=O) groups is 3. The van der Waals surface area contributed by atoms with Crippen LogP contribution in [0, 0.1) is 0 Å². The average Bonchev–Trinajstić information content (AvgIpc) is 3.59. The Morgan fingerprint density at radius 3 is 2.35 bits per heavy atom. The number of carbonyl (C=O) groups excluding carboxylic acids is 3. The first-order valence-electron chi connectivity index (χ1n) is 13.4. The lowest BCUT2D eigenvalue weighted by molar-refractivity contribution is -0.123. The second-order valence-corrected chi connectivity index (χ2v) is 12.0. The molecular weight excluding hydrogens is 508 g/mol. The van der Waals surface area contributed by atoms with Crippen LogP contribution in [0.5, 0.6) is 0 Å². The maximum absolute atomic E-state index is 14.0. The Kier molecular flexibility index (Phi) is 8.27. The van der Waals surface area contributed by atoms with Crippen molar-refractivity contribution < 1.29 is 19.1 Å². The second kappa shape index (κ2) is 11.5. The molecule has 1 saturated heterocycles. The molecule has 212 valence electrons. The van der Waals surface area contributed by atoms with Gasteiger partial charge in [0.05, 0.1) is 12.5 Å². The molecule has 1 aliphatic rings. The summed E-state index contributed by atoms with van der Waals surface area (Å²) in [5.41, 5.74) is 1.76. The van der Waals surface area contributed by atoms with Gasteiger partial charge in [0.25, 0.3) is 5.91 Å². The lowest BCUT2D eigenvalue weighted by atomic mass is 9.87. The molecular formula is C30H38N6O4. The van der Waals surface area contributed by atoms with Crippen molar-refractivity contribution in [2.24, 2.45) is 0 Å². The molecule has 0 saturated carbocycles. The van der Waals surface area contributed by atoms with E-state index in [4.69, 9.17) is 4.74 Å². The molecule has 3 heterocycles. The quantitative estimate of drug-likeness (QED) is 0.466. The number of nitrogens with zero attached hydrogens (tertiary/aromatic N) is 4. The van der Waals surface area contributed by atoms with E-state index in [1.807, 2.05) is 45.0 Å². The van der Waals surface area contributed by atoms with Crippen molar-refractivity contribution in [2.75, 3.05) is 18.0 Å². The van der Waals surface area contributed by atoms with E-state index in [0.717, 1.165) is 5.56 Å². The summed E-state index contributed by atoms with van der Waals surface area (Å²) in [7, 11) is 0. The topological polar surface area (TPSA) is 121 Å². The maximum Gasteiger partial charge on any atom is 0.410 e. The van der Waals surface area contributed by atoms with Gasteiger partial charge in [-0.25, -0.2) is 9.78 Å². The highest BCUT2D eigenvalue weighted by atomic mass is 16.6. The molecule has 2 N–H and O–H groups in total. The molecule has 3 amide bonds. The third-order valence-electron chi connectivity index (χ3n) is 6.65. The summed E-state index contributed by atoms with van der Waals surface area (Å²) < 4.78 is 5.50. The number of likely N-dealkylation sites (tertiary alicyclic amines) is 1. The molecule has 3 aromatic rings. The Labute approximate surface area is 235 Å². The van der Waals surface area contributed by atoms with Crippen molar-refractivity contribution >= 4 is 23.6 Å². The Hall–Kier alpha value is -4.21. The van der Waals surface area contributed by atoms with E-state index in [9.17, 15) is 14.4 Å². The summed E-state index contributed by atoms with van der Waals surface area (Å²) in [5.74, 6) is -0.788. The van der Waals surface area contributed by atoms with Crippen LogP contribution in [-0.2, 0) is 14.9 Å². The molecule has 4 rings (SSSR count). The molecule has 0 bridgehead atoms. The summed E-state index contributed by atoms with van der Waals surface area (Å²) in [6, 6.07) is 9.82. The van der Waals surface area contributed by atoms with Crippen LogP contribution in [0.25, 0.3) is 0 Å². The van der Waals surface area contributed by atoms with E-state index in [1.165, 1.54) is 17.4 Å². The van der Waals surface area contributed by atoms with Gasteiger partial charge in [-0.1, -0.05) is 39.0 Å². The number of hydrogen-bond acceptors (Lipinski definition) is 6. The van der Waals surface area contributed by atoms with E-state index < -0.39 is 23.6 Å². The zero-order valence-electron chi connectivity index (χ0n) is 24.0. The van der Waals surface area contributed by atoms with Gasteiger partial charge in [-0.2, -0.15) is 0 Å². The van der Waals surface area contributed by atoms with Crippen molar-refractivity contribution in [2.45, 2.75) is 71.1 Å². The van der Waals surface area contributed by atoms with Crippen LogP contribution in [0.3, 0.4) is 0 Å². The number of aromatic nitrogens is 3. The van der Waals surface area contributed by atoms with Gasteiger partial charge in [0.1, 0.15) is 17.3 Å². The minimum absolute atomic E-state index is 0.0840. The molecule has 0 spiro atoms. The van der Waals surface area contributed by atoms with Crippen molar-refractivity contribution in [1.82, 2.24) is 25.2 Å². The number of amides is 3. The standard InChI is InChI=1S/C30H38N6O4/c1-29(2,3)21-9-11-23(12-10-21)36(27(38)24-17-32-19-33-24)25(20-8-7-14-31-16-20)26(37)34-22-13-15-35(18-22)28(39)40-30(4,5)6/h7-12,14,16-17,19,22,25H,13,15,18H2,1-6H3,(H,32,33)(H,34,37)/t22-,25?/m1/s1. The molecule has 1 unspecified atom stereocenters. The predicted molar refractivity (Wildman–Crippen MR) is 152 cm³/mol. The fourth-order valence-electron chi connectivity index (χ4n) is 4.61. The van der Waals surface area contributed by atoms with Crippen molar-refractivity contribution in [1.29, 1.82) is 0 Å². The third-order valence-corrected chi connectivity index (χ3v) is 6.65. The summed E-state index contributed by atoms with van der Waals surface area (Å²) >= 11 is 0. The average molecular weight is 547 g/mol. The summed E-state index contributed by atoms with van der Waals surface area (Å²) in [6.45, 7) is 12.6. The van der Waals surface area contributed by atoms with E-state index in [0.29, 0.717) is 30.8 Å². The minimum Gasteiger partial charge on any atom is -0.444 e. The molecule has 1 aromatic carbocycles. The van der Waals surface area contributed by atoms with Crippen molar-refractivity contribution in [3.63, 3.8) is 0 Å². The fourth-order valence-corrected chi connectivity index (χ4v) is 4.61. The number of imidazole rings is 1. The van der Waals surface area contributed by atoms with Crippen molar-refractivity contribution in [3.8, 4) is 0 Å². The predicted octanol–water partition coefficient (Wildman–Crippen LogP) is 4.62. The summed E-state index contributed by atoms with van der Waals surface area (Å²) in [6.07, 6.45) is 6.22. The lowest BCUT2D eigenvalue weighted by Crippen LogP contribution is -2.48. The van der Waals surface area contributed by atoms with E-state index >= 15 is 0 Å². The van der Waals surface area contributed by atoms with Gasteiger partial charge < -0.3 is 19.9 Å². The Balaban J connectivity index is 1.66. The largest absolute Gasteiger partial charge is 0.444 e. The molecule has 40 heavy (non-hydrogen) atoms. The normalized spacial score (nSPS) is 16.4. The zero-order valence-corrected chi connectivity index (χ0v) is 24.0. The molecule has 0 radical (unpaired) electrons. The van der Waals surface area contributed by atoms with Gasteiger partial charge in [-0.15, -0.1) is 0 Å². The van der Waals surface area contributed by atoms with Crippen LogP contribution in [0.2, 0.25) is 0 Å². The first kappa shape index (κ1) is 28.8. The maximum atomic E-state index is 14.0. The van der Waals surface area contributed by atoms with Crippen LogP contribution < -0.4 is 10.2 Å². The molecule has 10 nitrogen and oxygen atoms in total. The second-order valence-electron chi connectivity index (χ2n) is 12.0. The van der Waals surface area contributed by atoms with Crippen LogP contribution in [0.4, 0.5) is 10.5 Å². The van der Waals surface area contributed by atoms with E-state index in [2.05, 4.69) is 41.0 Å². The molecule has 0 aliphatic carbocycles. The van der Waals surface area contributed by atoms with E-state index in [-0.39, 0.29) is 23.1 Å². The number of pyridine rings is 1. The van der Waals surface area contributed by atoms with Crippen LogP contribution in [0.15, 0.2) is 61.3 Å². The van der Waals surface area contributed by atoms with Crippen LogP contribution in [0.1, 0.15) is 75.6 Å². The van der Waals surface area contributed by atoms with Crippen molar-refractivity contribution in [3.05, 3.63) is 78.1 Å². The van der Waals surface area contributed by atoms with Crippen LogP contribution >= 0.6 is 0 Å². The number of aromatic amines is 1. The van der Waals surface area contributed by atoms with Crippen LogP contribution in [-0.4, -0.2) is 62.5 Å². The van der Waals surface area contributed by atoms with Gasteiger partial charge >= 0.3 is 6.09 Å². The molecule has 2 atom stereocenters. The highest BCUT2D eigenvalue weighted by Gasteiger charge is 2.37. The Morgan fingerprint density at radius 2 is 1.77 bits per heavy atom.